The van der Waals surface area contributed by atoms with Gasteiger partial charge in [0.15, 0.2) is 0 Å². The van der Waals surface area contributed by atoms with Crippen molar-refractivity contribution in [1.82, 2.24) is 0 Å². The molecular formula is C12H20O2. The molecule has 0 bridgehead atoms. The maximum absolute atomic E-state index is 11.6. The van der Waals surface area contributed by atoms with E-state index >= 15 is 0 Å². The van der Waals surface area contributed by atoms with Gasteiger partial charge in [0.25, 0.3) is 0 Å². The molecule has 0 aromatic heterocycles. The molecule has 0 aliphatic heterocycles. The van der Waals surface area contributed by atoms with E-state index in [1.807, 2.05) is 13.0 Å². The molecule has 0 aromatic rings. The highest BCUT2D eigenvalue weighted by atomic mass is 16.3. The topological polar surface area (TPSA) is 37.3 Å². The van der Waals surface area contributed by atoms with Gasteiger partial charge in [0.1, 0.15) is 5.78 Å². The minimum Gasteiger partial charge on any atom is -0.392 e. The Bertz CT molecular complexity index is 230. The Hall–Kier alpha value is -0.630. The van der Waals surface area contributed by atoms with Crippen molar-refractivity contribution in [2.45, 2.75) is 39.5 Å². The lowest BCUT2D eigenvalue weighted by molar-refractivity contribution is -0.126. The summed E-state index contributed by atoms with van der Waals surface area (Å²) in [6, 6.07) is 0. The van der Waals surface area contributed by atoms with Gasteiger partial charge in [-0.05, 0) is 32.1 Å². The summed E-state index contributed by atoms with van der Waals surface area (Å²) in [6.45, 7) is 4.16. The number of rotatable bonds is 3. The number of carbonyl (C=O) groups excluding carboxylic acids is 1. The van der Waals surface area contributed by atoms with Crippen LogP contribution in [0.1, 0.15) is 39.5 Å². The van der Waals surface area contributed by atoms with Crippen molar-refractivity contribution in [2.24, 2.45) is 11.8 Å². The van der Waals surface area contributed by atoms with E-state index < -0.39 is 0 Å². The average Bonchev–Trinajstić information content (AvgIpc) is 2.16. The summed E-state index contributed by atoms with van der Waals surface area (Å²) < 4.78 is 0. The Morgan fingerprint density at radius 1 is 1.64 bits per heavy atom. The number of Topliss-reactive ketones (excluding diaryl/α,β-unsaturated/α-hetero) is 1. The zero-order chi connectivity index (χ0) is 10.6. The van der Waals surface area contributed by atoms with E-state index in [0.717, 1.165) is 24.8 Å². The third-order valence-electron chi connectivity index (χ3n) is 3.15. The monoisotopic (exact) mass is 196 g/mol. The maximum atomic E-state index is 11.6. The fourth-order valence-corrected chi connectivity index (χ4v) is 2.06. The number of ketones is 1. The second-order valence-electron chi connectivity index (χ2n) is 4.39. The highest BCUT2D eigenvalue weighted by molar-refractivity contribution is 5.82. The third kappa shape index (κ3) is 2.95. The molecule has 0 heterocycles. The van der Waals surface area contributed by atoms with Gasteiger partial charge in [-0.3, -0.25) is 4.79 Å². The molecule has 1 aliphatic carbocycles. The van der Waals surface area contributed by atoms with Crippen LogP contribution >= 0.6 is 0 Å². The molecule has 2 atom stereocenters. The van der Waals surface area contributed by atoms with Crippen LogP contribution in [0.4, 0.5) is 0 Å². The first-order chi connectivity index (χ1) is 6.65. The number of aliphatic hydroxyl groups excluding tert-OH is 1. The van der Waals surface area contributed by atoms with E-state index in [2.05, 4.69) is 6.92 Å². The van der Waals surface area contributed by atoms with E-state index in [1.54, 1.807) is 0 Å². The van der Waals surface area contributed by atoms with E-state index in [4.69, 9.17) is 5.11 Å². The first kappa shape index (κ1) is 11.4. The number of hydrogen-bond acceptors (Lipinski definition) is 2. The van der Waals surface area contributed by atoms with Gasteiger partial charge in [-0.25, -0.2) is 0 Å². The van der Waals surface area contributed by atoms with Crippen LogP contribution in [0.25, 0.3) is 0 Å². The summed E-state index contributed by atoms with van der Waals surface area (Å²) in [7, 11) is 0. The first-order valence-corrected chi connectivity index (χ1v) is 5.44. The summed E-state index contributed by atoms with van der Waals surface area (Å²) in [4.78, 5) is 11.6. The maximum Gasteiger partial charge on any atom is 0.136 e. The Morgan fingerprint density at radius 2 is 2.36 bits per heavy atom. The molecule has 1 aliphatic rings. The summed E-state index contributed by atoms with van der Waals surface area (Å²) in [5.74, 6) is 1.12. The van der Waals surface area contributed by atoms with Gasteiger partial charge in [-0.15, -0.1) is 0 Å². The zero-order valence-electron chi connectivity index (χ0n) is 9.12. The van der Waals surface area contributed by atoms with Gasteiger partial charge < -0.3 is 5.11 Å². The van der Waals surface area contributed by atoms with Crippen LogP contribution in [0.2, 0.25) is 0 Å². The molecule has 0 spiro atoms. The van der Waals surface area contributed by atoms with Gasteiger partial charge in [-0.2, -0.15) is 0 Å². The molecule has 0 saturated heterocycles. The van der Waals surface area contributed by atoms with Gasteiger partial charge in [0.2, 0.25) is 0 Å². The second kappa shape index (κ2) is 5.30. The molecule has 1 N–H and O–H groups in total. The normalized spacial score (nSPS) is 29.4. The van der Waals surface area contributed by atoms with Crippen molar-refractivity contribution >= 4 is 5.78 Å². The molecule has 1 fully saturated rings. The van der Waals surface area contributed by atoms with Crippen LogP contribution in [0.15, 0.2) is 11.6 Å². The minimum absolute atomic E-state index is 0.106. The molecule has 1 unspecified atom stereocenters. The van der Waals surface area contributed by atoms with Crippen molar-refractivity contribution in [3.63, 3.8) is 0 Å². The fraction of sp³-hybridized carbons (Fsp3) is 0.750. The smallest absolute Gasteiger partial charge is 0.136 e. The Labute approximate surface area is 86.0 Å². The number of allylic oxidation sites excluding steroid dienone is 1. The number of aliphatic hydroxyl groups is 1. The van der Waals surface area contributed by atoms with E-state index in [9.17, 15) is 4.79 Å². The zero-order valence-corrected chi connectivity index (χ0v) is 9.12. The van der Waals surface area contributed by atoms with Crippen molar-refractivity contribution in [3.05, 3.63) is 11.6 Å². The lowest BCUT2D eigenvalue weighted by Gasteiger charge is -2.26. The molecule has 14 heavy (non-hydrogen) atoms. The van der Waals surface area contributed by atoms with Crippen LogP contribution in [0.3, 0.4) is 0 Å². The molecule has 80 valence electrons. The predicted molar refractivity (Wildman–Crippen MR) is 57.0 cm³/mol. The predicted octanol–water partition coefficient (Wildman–Crippen LogP) is 2.32. The minimum atomic E-state index is 0.106. The van der Waals surface area contributed by atoms with Crippen LogP contribution in [0, 0.1) is 11.8 Å². The molecule has 1 saturated carbocycles. The Kier molecular flexibility index (Phi) is 4.33. The van der Waals surface area contributed by atoms with E-state index in [0.29, 0.717) is 11.7 Å². The first-order valence-electron chi connectivity index (χ1n) is 5.44. The molecule has 1 rings (SSSR count). The molecular weight excluding hydrogens is 176 g/mol. The highest BCUT2D eigenvalue weighted by Gasteiger charge is 2.27. The molecule has 0 radical (unpaired) electrons. The SMILES string of the molecule is C/C(=C\CC1C(=O)CCC[C@H]1C)CO. The molecule has 0 amide bonds. The van der Waals surface area contributed by atoms with Crippen molar-refractivity contribution in [2.75, 3.05) is 6.61 Å². The number of hydrogen-bond donors (Lipinski definition) is 1. The third-order valence-corrected chi connectivity index (χ3v) is 3.15. The summed E-state index contributed by atoms with van der Waals surface area (Å²) in [5.41, 5.74) is 0.968. The average molecular weight is 196 g/mol. The molecule has 2 nitrogen and oxygen atoms in total. The van der Waals surface area contributed by atoms with Gasteiger partial charge in [-0.1, -0.05) is 18.6 Å². The van der Waals surface area contributed by atoms with Crippen LogP contribution in [0.5, 0.6) is 0 Å². The Morgan fingerprint density at radius 3 is 2.93 bits per heavy atom. The van der Waals surface area contributed by atoms with E-state index in [-0.39, 0.29) is 12.5 Å². The summed E-state index contributed by atoms with van der Waals surface area (Å²) in [6.07, 6.45) is 5.79. The molecule has 0 aromatic carbocycles. The fourth-order valence-electron chi connectivity index (χ4n) is 2.06. The Balaban J connectivity index is 2.52. The van der Waals surface area contributed by atoms with Crippen LogP contribution in [-0.4, -0.2) is 17.5 Å². The standard InChI is InChI=1S/C12H20O2/c1-9(8-13)6-7-11-10(2)4-3-5-12(11)14/h6,10-11,13H,3-5,7-8H2,1-2H3/b9-6+/t10-,11?/m1/s1. The van der Waals surface area contributed by atoms with E-state index in [1.165, 1.54) is 6.42 Å². The largest absolute Gasteiger partial charge is 0.392 e. The van der Waals surface area contributed by atoms with Gasteiger partial charge in [0, 0.05) is 12.3 Å². The van der Waals surface area contributed by atoms with Crippen molar-refractivity contribution in [1.29, 1.82) is 0 Å². The summed E-state index contributed by atoms with van der Waals surface area (Å²) >= 11 is 0. The lowest BCUT2D eigenvalue weighted by Crippen LogP contribution is -2.26. The second-order valence-corrected chi connectivity index (χ2v) is 4.39. The summed E-state index contributed by atoms with van der Waals surface area (Å²) in [5, 5.41) is 8.84. The quantitative estimate of drug-likeness (QED) is 0.703. The number of carbonyl (C=O) groups is 1. The van der Waals surface area contributed by atoms with Gasteiger partial charge in [0.05, 0.1) is 6.61 Å². The van der Waals surface area contributed by atoms with Crippen molar-refractivity contribution < 1.29 is 9.90 Å². The molecule has 2 heteroatoms. The van der Waals surface area contributed by atoms with Crippen LogP contribution in [-0.2, 0) is 4.79 Å². The van der Waals surface area contributed by atoms with Crippen molar-refractivity contribution in [3.8, 4) is 0 Å². The van der Waals surface area contributed by atoms with Gasteiger partial charge >= 0.3 is 0 Å². The van der Waals surface area contributed by atoms with Crippen LogP contribution < -0.4 is 0 Å². The lowest BCUT2D eigenvalue weighted by atomic mass is 9.77. The highest BCUT2D eigenvalue weighted by Crippen LogP contribution is 2.29.